The number of ether oxygens (including phenoxy) is 1. The molecule has 0 saturated heterocycles. The molecule has 1 aliphatic rings. The SMILES string of the molecule is CCOC(=O)C1=C(O)/C(=C/c2cc(C)n(-c3ccccc3)c2C)SC1=Nc1ccccc1. The van der Waals surface area contributed by atoms with Gasteiger partial charge in [-0.15, -0.1) is 0 Å². The second-order valence-corrected chi connectivity index (χ2v) is 8.34. The van der Waals surface area contributed by atoms with Gasteiger partial charge in [-0.25, -0.2) is 9.79 Å². The van der Waals surface area contributed by atoms with Crippen LogP contribution < -0.4 is 0 Å². The van der Waals surface area contributed by atoms with Crippen molar-refractivity contribution >= 4 is 34.5 Å². The van der Waals surface area contributed by atoms with Crippen LogP contribution in [0.5, 0.6) is 0 Å². The van der Waals surface area contributed by atoms with Crippen LogP contribution in [0.1, 0.15) is 23.9 Å². The average Bonchev–Trinajstić information content (AvgIpc) is 3.24. The van der Waals surface area contributed by atoms with Crippen molar-refractivity contribution in [2.24, 2.45) is 4.99 Å². The first-order valence-electron chi connectivity index (χ1n) is 10.4. The predicted molar refractivity (Wildman–Crippen MR) is 131 cm³/mol. The highest BCUT2D eigenvalue weighted by molar-refractivity contribution is 8.18. The number of hydrogen-bond donors (Lipinski definition) is 1. The number of para-hydroxylation sites is 2. The van der Waals surface area contributed by atoms with Crippen molar-refractivity contribution in [1.29, 1.82) is 0 Å². The number of aliphatic imine (C=N–C) groups is 1. The van der Waals surface area contributed by atoms with Gasteiger partial charge in [0.15, 0.2) is 0 Å². The monoisotopic (exact) mass is 444 g/mol. The number of aliphatic hydroxyl groups is 1. The maximum atomic E-state index is 12.6. The van der Waals surface area contributed by atoms with Gasteiger partial charge in [-0.1, -0.05) is 48.2 Å². The fourth-order valence-electron chi connectivity index (χ4n) is 3.66. The molecule has 2 heterocycles. The lowest BCUT2D eigenvalue weighted by Crippen LogP contribution is -2.12. The van der Waals surface area contributed by atoms with Crippen LogP contribution in [0, 0.1) is 13.8 Å². The first kappa shape index (κ1) is 21.7. The molecule has 2 aromatic carbocycles. The van der Waals surface area contributed by atoms with E-state index in [1.54, 1.807) is 6.92 Å². The molecule has 0 aliphatic carbocycles. The van der Waals surface area contributed by atoms with E-state index in [-0.39, 0.29) is 17.9 Å². The second-order valence-electron chi connectivity index (χ2n) is 7.30. The number of benzene rings is 2. The summed E-state index contributed by atoms with van der Waals surface area (Å²) in [6, 6.07) is 21.5. The maximum absolute atomic E-state index is 12.6. The summed E-state index contributed by atoms with van der Waals surface area (Å²) in [4.78, 5) is 17.8. The van der Waals surface area contributed by atoms with Crippen LogP contribution >= 0.6 is 11.8 Å². The summed E-state index contributed by atoms with van der Waals surface area (Å²) in [5.41, 5.74) is 4.96. The molecular weight excluding hydrogens is 420 g/mol. The third-order valence-corrected chi connectivity index (χ3v) is 6.15. The Balaban J connectivity index is 1.77. The smallest absolute Gasteiger partial charge is 0.344 e. The van der Waals surface area contributed by atoms with E-state index in [2.05, 4.69) is 27.8 Å². The number of aryl methyl sites for hydroxylation is 1. The zero-order valence-corrected chi connectivity index (χ0v) is 19.0. The molecule has 1 aromatic heterocycles. The Hall–Kier alpha value is -3.51. The molecule has 0 spiro atoms. The normalized spacial score (nSPS) is 16.2. The molecule has 0 saturated carbocycles. The molecule has 5 nitrogen and oxygen atoms in total. The minimum atomic E-state index is -0.578. The molecule has 0 bridgehead atoms. The molecule has 6 heteroatoms. The summed E-state index contributed by atoms with van der Waals surface area (Å²) in [7, 11) is 0. The van der Waals surface area contributed by atoms with Gasteiger partial charge in [0.05, 0.1) is 17.2 Å². The van der Waals surface area contributed by atoms with Gasteiger partial charge in [0.25, 0.3) is 0 Å². The Bertz CT molecular complexity index is 1240. The number of hydrogen-bond acceptors (Lipinski definition) is 5. The Labute approximate surface area is 191 Å². The predicted octanol–water partition coefficient (Wildman–Crippen LogP) is 6.29. The fraction of sp³-hybridized carbons (Fsp3) is 0.154. The number of esters is 1. The van der Waals surface area contributed by atoms with Crippen LogP contribution in [0.15, 0.2) is 88.0 Å². The van der Waals surface area contributed by atoms with Gasteiger partial charge >= 0.3 is 5.97 Å². The number of rotatable bonds is 5. The summed E-state index contributed by atoms with van der Waals surface area (Å²) in [6.07, 6.45) is 1.90. The summed E-state index contributed by atoms with van der Waals surface area (Å²) in [6.45, 7) is 6.04. The van der Waals surface area contributed by atoms with Gasteiger partial charge in [-0.05, 0) is 62.7 Å². The van der Waals surface area contributed by atoms with Gasteiger partial charge in [0.2, 0.25) is 0 Å². The molecule has 162 valence electrons. The first-order chi connectivity index (χ1) is 15.5. The van der Waals surface area contributed by atoms with Crippen molar-refractivity contribution in [3.63, 3.8) is 0 Å². The Morgan fingerprint density at radius 3 is 2.41 bits per heavy atom. The average molecular weight is 445 g/mol. The van der Waals surface area contributed by atoms with E-state index in [1.807, 2.05) is 68.5 Å². The van der Waals surface area contributed by atoms with Crippen molar-refractivity contribution < 1.29 is 14.6 Å². The Morgan fingerprint density at radius 2 is 1.75 bits per heavy atom. The van der Waals surface area contributed by atoms with Crippen LogP contribution in [-0.4, -0.2) is 27.3 Å². The summed E-state index contributed by atoms with van der Waals surface area (Å²) in [5.74, 6) is -0.682. The third-order valence-electron chi connectivity index (χ3n) is 5.13. The molecule has 0 atom stereocenters. The zero-order chi connectivity index (χ0) is 22.7. The fourth-order valence-corrected chi connectivity index (χ4v) is 4.69. The Morgan fingerprint density at radius 1 is 1.09 bits per heavy atom. The minimum absolute atomic E-state index is 0.101. The van der Waals surface area contributed by atoms with Crippen molar-refractivity contribution in [3.05, 3.63) is 99.9 Å². The van der Waals surface area contributed by atoms with Crippen LogP contribution in [0.3, 0.4) is 0 Å². The van der Waals surface area contributed by atoms with Crippen LogP contribution in [0.25, 0.3) is 11.8 Å². The van der Waals surface area contributed by atoms with Gasteiger partial charge in [-0.3, -0.25) is 0 Å². The van der Waals surface area contributed by atoms with Crippen molar-refractivity contribution in [1.82, 2.24) is 4.57 Å². The van der Waals surface area contributed by atoms with Gasteiger partial charge < -0.3 is 14.4 Å². The lowest BCUT2D eigenvalue weighted by Gasteiger charge is -2.09. The van der Waals surface area contributed by atoms with E-state index >= 15 is 0 Å². The highest BCUT2D eigenvalue weighted by Gasteiger charge is 2.33. The van der Waals surface area contributed by atoms with Crippen LogP contribution in [-0.2, 0) is 9.53 Å². The molecule has 0 unspecified atom stereocenters. The number of aliphatic hydroxyl groups excluding tert-OH is 1. The molecule has 1 aliphatic heterocycles. The van der Waals surface area contributed by atoms with Crippen LogP contribution in [0.2, 0.25) is 0 Å². The van der Waals surface area contributed by atoms with Gasteiger partial charge in [-0.2, -0.15) is 0 Å². The van der Waals surface area contributed by atoms with E-state index < -0.39 is 5.97 Å². The highest BCUT2D eigenvalue weighted by atomic mass is 32.2. The second kappa shape index (κ2) is 9.32. The lowest BCUT2D eigenvalue weighted by atomic mass is 10.2. The number of aromatic nitrogens is 1. The molecule has 0 fully saturated rings. The van der Waals surface area contributed by atoms with E-state index in [0.29, 0.717) is 15.6 Å². The largest absolute Gasteiger partial charge is 0.506 e. The van der Waals surface area contributed by atoms with Crippen molar-refractivity contribution in [2.75, 3.05) is 6.61 Å². The molecule has 1 N–H and O–H groups in total. The summed E-state index contributed by atoms with van der Waals surface area (Å²) >= 11 is 1.27. The standard InChI is InChI=1S/C26H24N2O3S/c1-4-31-26(30)23-24(29)22(32-25(23)27-20-11-7-5-8-12-20)16-19-15-17(2)28(18(19)3)21-13-9-6-10-14-21/h5-16,29H,4H2,1-3H3/b22-16-,27-25?. The highest BCUT2D eigenvalue weighted by Crippen LogP contribution is 2.40. The van der Waals surface area contributed by atoms with E-state index in [4.69, 9.17) is 4.74 Å². The topological polar surface area (TPSA) is 63.8 Å². The molecule has 4 rings (SSSR count). The summed E-state index contributed by atoms with van der Waals surface area (Å²) < 4.78 is 7.35. The number of thioether (sulfide) groups is 1. The van der Waals surface area contributed by atoms with E-state index in [1.165, 1.54) is 11.8 Å². The number of carbonyl (C=O) groups is 1. The number of carbonyl (C=O) groups excluding carboxylic acids is 1. The Kier molecular flexibility index (Phi) is 6.32. The maximum Gasteiger partial charge on any atom is 0.344 e. The number of nitrogens with zero attached hydrogens (tertiary/aromatic N) is 2. The molecular formula is C26H24N2O3S. The van der Waals surface area contributed by atoms with Gasteiger partial charge in [0, 0.05) is 17.1 Å². The first-order valence-corrected chi connectivity index (χ1v) is 11.2. The molecule has 32 heavy (non-hydrogen) atoms. The van der Waals surface area contributed by atoms with Crippen LogP contribution in [0.4, 0.5) is 5.69 Å². The minimum Gasteiger partial charge on any atom is -0.506 e. The van der Waals surface area contributed by atoms with Gasteiger partial charge in [0.1, 0.15) is 16.4 Å². The van der Waals surface area contributed by atoms with Crippen molar-refractivity contribution in [2.45, 2.75) is 20.8 Å². The molecule has 0 radical (unpaired) electrons. The molecule has 3 aromatic rings. The molecule has 0 amide bonds. The summed E-state index contributed by atoms with van der Waals surface area (Å²) in [5, 5.41) is 11.4. The van der Waals surface area contributed by atoms with Crippen molar-refractivity contribution in [3.8, 4) is 5.69 Å². The third kappa shape index (κ3) is 4.27. The van der Waals surface area contributed by atoms with E-state index in [0.717, 1.165) is 22.6 Å². The lowest BCUT2D eigenvalue weighted by molar-refractivity contribution is -0.138. The quantitative estimate of drug-likeness (QED) is 0.470. The zero-order valence-electron chi connectivity index (χ0n) is 18.2. The van der Waals surface area contributed by atoms with E-state index in [9.17, 15) is 9.90 Å².